The molecule has 0 unspecified atom stereocenters. The number of aromatic nitrogens is 1. The molecule has 1 aliphatic rings. The average Bonchev–Trinajstić information content (AvgIpc) is 3.19. The van der Waals surface area contributed by atoms with Crippen LogP contribution < -0.4 is 20.3 Å². The lowest BCUT2D eigenvalue weighted by Gasteiger charge is -2.20. The van der Waals surface area contributed by atoms with E-state index >= 15 is 0 Å². The maximum Gasteiger partial charge on any atom is 0.303 e. The summed E-state index contributed by atoms with van der Waals surface area (Å²) in [5.41, 5.74) is 1.63. The molecule has 0 radical (unpaired) electrons. The van der Waals surface area contributed by atoms with E-state index in [1.807, 2.05) is 31.2 Å². The first kappa shape index (κ1) is 30.7. The summed E-state index contributed by atoms with van der Waals surface area (Å²) in [7, 11) is 3.15. The predicted molar refractivity (Wildman–Crippen MR) is 159 cm³/mol. The van der Waals surface area contributed by atoms with Crippen LogP contribution in [0.15, 0.2) is 27.9 Å². The Hall–Kier alpha value is -3.82. The van der Waals surface area contributed by atoms with E-state index in [9.17, 15) is 19.6 Å². The zero-order valence-electron chi connectivity index (χ0n) is 22.9. The monoisotopic (exact) mass is 584 g/mol. The molecule has 1 fully saturated rings. The van der Waals surface area contributed by atoms with Gasteiger partial charge in [0, 0.05) is 31.6 Å². The molecule has 0 spiro atoms. The maximum atomic E-state index is 13.3. The van der Waals surface area contributed by atoms with Crippen LogP contribution in [0.5, 0.6) is 11.5 Å². The van der Waals surface area contributed by atoms with Crippen LogP contribution in [-0.4, -0.2) is 58.1 Å². The van der Waals surface area contributed by atoms with Crippen LogP contribution in [0.2, 0.25) is 0 Å². The van der Waals surface area contributed by atoms with Crippen molar-refractivity contribution in [2.45, 2.75) is 46.1 Å². The maximum absolute atomic E-state index is 13.3. The minimum Gasteiger partial charge on any atom is -0.493 e. The van der Waals surface area contributed by atoms with E-state index in [4.69, 9.17) is 26.8 Å². The number of carboxylic acid groups (broad SMARTS) is 1. The van der Waals surface area contributed by atoms with E-state index in [0.717, 1.165) is 17.3 Å². The number of pyridine rings is 1. The van der Waals surface area contributed by atoms with Crippen molar-refractivity contribution >= 4 is 52.1 Å². The zero-order chi connectivity index (χ0) is 29.4. The van der Waals surface area contributed by atoms with Crippen LogP contribution in [0.3, 0.4) is 0 Å². The molecule has 1 aromatic heterocycles. The first-order chi connectivity index (χ1) is 19.2. The molecule has 0 saturated carbocycles. The molecule has 40 heavy (non-hydrogen) atoms. The second-order valence-corrected chi connectivity index (χ2v) is 10.7. The Kier molecular flexibility index (Phi) is 10.8. The number of thioether (sulfide) groups is 1. The molecule has 2 aromatic rings. The third-order valence-electron chi connectivity index (χ3n) is 6.40. The van der Waals surface area contributed by atoms with Gasteiger partial charge in [-0.05, 0) is 55.5 Å². The highest BCUT2D eigenvalue weighted by Crippen LogP contribution is 2.35. The van der Waals surface area contributed by atoms with Gasteiger partial charge < -0.3 is 19.9 Å². The van der Waals surface area contributed by atoms with E-state index in [-0.39, 0.29) is 30.9 Å². The summed E-state index contributed by atoms with van der Waals surface area (Å²) < 4.78 is 12.6. The Morgan fingerprint density at radius 3 is 2.58 bits per heavy atom. The van der Waals surface area contributed by atoms with Crippen molar-refractivity contribution in [2.24, 2.45) is 0 Å². The molecule has 2 heterocycles. The number of carbonyl (C=O) groups excluding carboxylic acids is 1. The van der Waals surface area contributed by atoms with Crippen molar-refractivity contribution in [3.8, 4) is 17.6 Å². The molecule has 0 atom stereocenters. The number of anilines is 1. The molecule has 1 saturated heterocycles. The Bertz CT molecular complexity index is 1440. The Morgan fingerprint density at radius 1 is 1.23 bits per heavy atom. The van der Waals surface area contributed by atoms with Crippen molar-refractivity contribution in [1.29, 1.82) is 5.26 Å². The Labute approximate surface area is 242 Å². The van der Waals surface area contributed by atoms with Gasteiger partial charge in [-0.1, -0.05) is 37.0 Å². The van der Waals surface area contributed by atoms with Gasteiger partial charge in [-0.15, -0.1) is 0 Å². The Balaban J connectivity index is 1.99. The van der Waals surface area contributed by atoms with Crippen LogP contribution in [0.4, 0.5) is 5.82 Å². The number of carboxylic acids is 1. The Morgan fingerprint density at radius 2 is 1.95 bits per heavy atom. The lowest BCUT2D eigenvalue weighted by molar-refractivity contribution is -0.137. The second kappa shape index (κ2) is 14.0. The quantitative estimate of drug-likeness (QED) is 0.261. The fourth-order valence-corrected chi connectivity index (χ4v) is 5.65. The number of nitriles is 1. The number of hydrogen-bond acceptors (Lipinski definition) is 9. The van der Waals surface area contributed by atoms with Gasteiger partial charge in [0.2, 0.25) is 0 Å². The summed E-state index contributed by atoms with van der Waals surface area (Å²) in [5, 5.41) is 22.1. The molecular weight excluding hydrogens is 552 g/mol. The van der Waals surface area contributed by atoms with Gasteiger partial charge in [-0.3, -0.25) is 23.9 Å². The normalized spacial score (nSPS) is 14.0. The number of carbonyl (C=O) groups is 2. The van der Waals surface area contributed by atoms with Gasteiger partial charge in [0.1, 0.15) is 21.8 Å². The van der Waals surface area contributed by atoms with E-state index in [0.29, 0.717) is 63.6 Å². The predicted octanol–water partition coefficient (Wildman–Crippen LogP) is 4.18. The van der Waals surface area contributed by atoms with Gasteiger partial charge in [0.25, 0.3) is 11.5 Å². The van der Waals surface area contributed by atoms with Crippen LogP contribution in [0, 0.1) is 18.3 Å². The van der Waals surface area contributed by atoms with Crippen LogP contribution >= 0.6 is 24.0 Å². The highest BCUT2D eigenvalue weighted by Gasteiger charge is 2.32. The van der Waals surface area contributed by atoms with Crippen LogP contribution in [0.25, 0.3) is 6.08 Å². The summed E-state index contributed by atoms with van der Waals surface area (Å²) in [6.07, 6.45) is 3.12. The topological polar surface area (TPSA) is 134 Å². The van der Waals surface area contributed by atoms with Gasteiger partial charge in [-0.2, -0.15) is 5.26 Å². The van der Waals surface area contributed by atoms with Gasteiger partial charge in [0.15, 0.2) is 11.5 Å². The largest absolute Gasteiger partial charge is 0.493 e. The van der Waals surface area contributed by atoms with Gasteiger partial charge in [0.05, 0.1) is 19.1 Å². The minimum atomic E-state index is -0.942. The number of aliphatic carboxylic acids is 1. The molecule has 2 N–H and O–H groups in total. The van der Waals surface area contributed by atoms with Crippen LogP contribution in [-0.2, 0) is 22.6 Å². The zero-order valence-corrected chi connectivity index (χ0v) is 24.5. The van der Waals surface area contributed by atoms with Crippen molar-refractivity contribution in [3.63, 3.8) is 0 Å². The van der Waals surface area contributed by atoms with Crippen molar-refractivity contribution < 1.29 is 24.2 Å². The summed E-state index contributed by atoms with van der Waals surface area (Å²) in [5.74, 6) is 0.481. The van der Waals surface area contributed by atoms with E-state index in [2.05, 4.69) is 5.32 Å². The number of methoxy groups -OCH3 is 2. The van der Waals surface area contributed by atoms with Gasteiger partial charge in [-0.25, -0.2) is 0 Å². The molecule has 12 heteroatoms. The molecule has 1 aliphatic heterocycles. The number of hydrogen-bond donors (Lipinski definition) is 2. The number of nitrogens with one attached hydrogen (secondary N) is 1. The SMILES string of the molecule is CCCn1c(NCCc2ccc(OC)c(OC)c2)c(/C=C2/SC(=S)N(CCCC(=O)O)C2=O)c(C)c(C#N)c1=O. The third-order valence-corrected chi connectivity index (χ3v) is 7.78. The van der Waals surface area contributed by atoms with E-state index in [1.54, 1.807) is 31.8 Å². The minimum absolute atomic E-state index is 0.0158. The number of ether oxygens (including phenoxy) is 2. The summed E-state index contributed by atoms with van der Waals surface area (Å²) in [4.78, 5) is 39.1. The van der Waals surface area contributed by atoms with Crippen molar-refractivity contribution in [1.82, 2.24) is 9.47 Å². The lowest BCUT2D eigenvalue weighted by Crippen LogP contribution is -2.30. The molecule has 1 amide bonds. The highest BCUT2D eigenvalue weighted by molar-refractivity contribution is 8.26. The fourth-order valence-electron chi connectivity index (χ4n) is 4.36. The van der Waals surface area contributed by atoms with Crippen LogP contribution in [0.1, 0.15) is 48.4 Å². The van der Waals surface area contributed by atoms with Crippen molar-refractivity contribution in [3.05, 3.63) is 55.7 Å². The van der Waals surface area contributed by atoms with Crippen molar-refractivity contribution in [2.75, 3.05) is 32.6 Å². The van der Waals surface area contributed by atoms with E-state index in [1.165, 1.54) is 4.90 Å². The molecular formula is C28H32N4O6S2. The second-order valence-electron chi connectivity index (χ2n) is 9.03. The number of thiocarbonyl (C=S) groups is 1. The smallest absolute Gasteiger partial charge is 0.303 e. The molecule has 3 rings (SSSR count). The average molecular weight is 585 g/mol. The molecule has 0 bridgehead atoms. The lowest BCUT2D eigenvalue weighted by atomic mass is 10.0. The first-order valence-electron chi connectivity index (χ1n) is 12.8. The van der Waals surface area contributed by atoms with Gasteiger partial charge >= 0.3 is 5.97 Å². The number of nitrogens with zero attached hydrogens (tertiary/aromatic N) is 3. The number of amides is 1. The van der Waals surface area contributed by atoms with E-state index < -0.39 is 11.5 Å². The fraction of sp³-hybridized carbons (Fsp3) is 0.393. The number of rotatable bonds is 13. The molecule has 1 aromatic carbocycles. The summed E-state index contributed by atoms with van der Waals surface area (Å²) >= 11 is 6.51. The first-order valence-corrected chi connectivity index (χ1v) is 14.0. The molecule has 212 valence electrons. The third kappa shape index (κ3) is 6.84. The standard InChI is InChI=1S/C28H32N4O6S2/c1-5-12-31-25(30-11-10-18-8-9-21(37-3)22(14-18)38-4)19(17(2)20(16-29)26(31)35)15-23-27(36)32(28(39)40-23)13-6-7-24(33)34/h8-9,14-15,30H,5-7,10-13H2,1-4H3,(H,33,34)/b23-15+. The number of benzene rings is 1. The summed E-state index contributed by atoms with van der Waals surface area (Å²) in [6, 6.07) is 7.68. The molecule has 10 nitrogen and oxygen atoms in total. The summed E-state index contributed by atoms with van der Waals surface area (Å²) in [6.45, 7) is 4.66. The molecule has 0 aliphatic carbocycles. The highest BCUT2D eigenvalue weighted by atomic mass is 32.2.